The van der Waals surface area contributed by atoms with Crippen LogP contribution in [-0.2, 0) is 13.5 Å². The molecule has 3 nitrogen and oxygen atoms in total. The summed E-state index contributed by atoms with van der Waals surface area (Å²) < 4.78 is 17.2. The summed E-state index contributed by atoms with van der Waals surface area (Å²) in [6.07, 6.45) is 0.595. The minimum Gasteiger partial charge on any atom is -0.276 e. The van der Waals surface area contributed by atoms with Gasteiger partial charge in [0.05, 0.1) is 16.9 Å². The van der Waals surface area contributed by atoms with Crippen molar-refractivity contribution in [3.05, 3.63) is 63.5 Å². The van der Waals surface area contributed by atoms with Gasteiger partial charge in [-0.15, -0.1) is 0 Å². The molecule has 0 aliphatic carbocycles. The van der Waals surface area contributed by atoms with Crippen LogP contribution in [0, 0.1) is 5.82 Å². The normalized spacial score (nSPS) is 16.1. The van der Waals surface area contributed by atoms with E-state index in [4.69, 9.17) is 4.99 Å². The van der Waals surface area contributed by atoms with Gasteiger partial charge >= 0.3 is 0 Å². The number of aryl methyl sites for hydroxylation is 1. The predicted octanol–water partition coefficient (Wildman–Crippen LogP) is 4.65. The molecule has 122 valence electrons. The van der Waals surface area contributed by atoms with E-state index < -0.39 is 0 Å². The van der Waals surface area contributed by atoms with Crippen molar-refractivity contribution < 1.29 is 4.39 Å². The van der Waals surface area contributed by atoms with Crippen LogP contribution in [0.25, 0.3) is 10.9 Å². The summed E-state index contributed by atoms with van der Waals surface area (Å²) in [5.41, 5.74) is 3.86. The van der Waals surface area contributed by atoms with E-state index in [2.05, 4.69) is 21.0 Å². The molecule has 4 rings (SSSR count). The van der Waals surface area contributed by atoms with Gasteiger partial charge < -0.3 is 0 Å². The fourth-order valence-electron chi connectivity index (χ4n) is 3.44. The Kier molecular flexibility index (Phi) is 3.39. The van der Waals surface area contributed by atoms with E-state index in [1.54, 1.807) is 6.07 Å². The number of fused-ring (bicyclic) bond motifs is 2. The first-order chi connectivity index (χ1) is 11.4. The Morgan fingerprint density at radius 1 is 1.17 bits per heavy atom. The molecule has 2 aromatic carbocycles. The summed E-state index contributed by atoms with van der Waals surface area (Å²) in [5, 5.41) is 5.64. The molecule has 5 heteroatoms. The topological polar surface area (TPSA) is 30.2 Å². The number of hydrogen-bond acceptors (Lipinski definition) is 2. The fourth-order valence-corrected chi connectivity index (χ4v) is 3.88. The lowest BCUT2D eigenvalue weighted by atomic mass is 9.85. The molecule has 0 N–H and O–H groups in total. The zero-order chi connectivity index (χ0) is 17.1. The van der Waals surface area contributed by atoms with Crippen LogP contribution in [0.3, 0.4) is 0 Å². The van der Waals surface area contributed by atoms with Gasteiger partial charge in [-0.25, -0.2) is 4.39 Å². The van der Waals surface area contributed by atoms with Gasteiger partial charge in [-0.1, -0.05) is 24.3 Å². The van der Waals surface area contributed by atoms with Crippen molar-refractivity contribution >= 4 is 32.5 Å². The highest BCUT2D eigenvalue weighted by atomic mass is 79.9. The van der Waals surface area contributed by atoms with Gasteiger partial charge in [-0.3, -0.25) is 9.67 Å². The molecule has 2 heterocycles. The molecular weight excluding hydrogens is 369 g/mol. The van der Waals surface area contributed by atoms with Gasteiger partial charge in [-0.2, -0.15) is 5.10 Å². The Morgan fingerprint density at radius 2 is 1.92 bits per heavy atom. The zero-order valence-electron chi connectivity index (χ0n) is 13.8. The molecule has 0 spiro atoms. The van der Waals surface area contributed by atoms with E-state index in [0.29, 0.717) is 6.42 Å². The van der Waals surface area contributed by atoms with Crippen LogP contribution in [0.5, 0.6) is 0 Å². The van der Waals surface area contributed by atoms with Crippen molar-refractivity contribution in [2.45, 2.75) is 25.8 Å². The van der Waals surface area contributed by atoms with Gasteiger partial charge in [0.1, 0.15) is 11.3 Å². The van der Waals surface area contributed by atoms with Crippen LogP contribution in [-0.4, -0.2) is 21.0 Å². The monoisotopic (exact) mass is 385 g/mol. The molecule has 0 radical (unpaired) electrons. The van der Waals surface area contributed by atoms with Crippen molar-refractivity contribution in [2.75, 3.05) is 0 Å². The minimum absolute atomic E-state index is 0.166. The molecule has 0 fully saturated rings. The second kappa shape index (κ2) is 5.24. The van der Waals surface area contributed by atoms with Gasteiger partial charge in [0, 0.05) is 28.9 Å². The van der Waals surface area contributed by atoms with E-state index in [0.717, 1.165) is 37.9 Å². The van der Waals surface area contributed by atoms with Crippen LogP contribution >= 0.6 is 15.9 Å². The van der Waals surface area contributed by atoms with E-state index >= 15 is 0 Å². The Balaban J connectivity index is 2.07. The lowest BCUT2D eigenvalue weighted by Crippen LogP contribution is -2.31. The van der Waals surface area contributed by atoms with Gasteiger partial charge in [0.15, 0.2) is 0 Å². The van der Waals surface area contributed by atoms with Crippen LogP contribution in [0.2, 0.25) is 0 Å². The first-order valence-electron chi connectivity index (χ1n) is 7.86. The van der Waals surface area contributed by atoms with Gasteiger partial charge in [-0.05, 0) is 47.5 Å². The molecule has 0 saturated carbocycles. The molecular formula is C19H17BrFN3. The Labute approximate surface area is 148 Å². The molecule has 1 aliphatic rings. The SMILES string of the molecule is Cn1nc2c(Br)cccc2c1C1=NC(C)(C)Cc2c(F)cccc21. The predicted molar refractivity (Wildman–Crippen MR) is 98.2 cm³/mol. The maximum absolute atomic E-state index is 14.4. The summed E-state index contributed by atoms with van der Waals surface area (Å²) in [6, 6.07) is 11.2. The second-order valence-corrected chi connectivity index (χ2v) is 7.68. The van der Waals surface area contributed by atoms with Gasteiger partial charge in [0.2, 0.25) is 0 Å². The van der Waals surface area contributed by atoms with Crippen LogP contribution in [0.1, 0.15) is 30.7 Å². The van der Waals surface area contributed by atoms with Crippen LogP contribution in [0.4, 0.5) is 4.39 Å². The zero-order valence-corrected chi connectivity index (χ0v) is 15.4. The summed E-state index contributed by atoms with van der Waals surface area (Å²) in [5.74, 6) is -0.166. The number of halogens is 2. The van der Waals surface area contributed by atoms with Crippen molar-refractivity contribution in [2.24, 2.45) is 12.0 Å². The molecule has 1 aliphatic heterocycles. The molecule has 24 heavy (non-hydrogen) atoms. The highest BCUT2D eigenvalue weighted by Gasteiger charge is 2.31. The maximum atomic E-state index is 14.4. The number of rotatable bonds is 1. The lowest BCUT2D eigenvalue weighted by Gasteiger charge is -2.29. The Bertz CT molecular complexity index is 1000. The molecule has 1 aromatic heterocycles. The number of aromatic nitrogens is 2. The largest absolute Gasteiger partial charge is 0.276 e. The van der Waals surface area contributed by atoms with Crippen molar-refractivity contribution in [3.8, 4) is 0 Å². The third-order valence-corrected chi connectivity index (χ3v) is 5.08. The van der Waals surface area contributed by atoms with Gasteiger partial charge in [0.25, 0.3) is 0 Å². The summed E-state index contributed by atoms with van der Waals surface area (Å²) in [4.78, 5) is 4.95. The Hall–Kier alpha value is -2.01. The smallest absolute Gasteiger partial charge is 0.127 e. The average Bonchev–Trinajstić information content (AvgIpc) is 2.85. The molecule has 0 bridgehead atoms. The minimum atomic E-state index is -0.354. The molecule has 0 amide bonds. The lowest BCUT2D eigenvalue weighted by molar-refractivity contribution is 0.492. The fraction of sp³-hybridized carbons (Fsp3) is 0.263. The third-order valence-electron chi connectivity index (χ3n) is 4.44. The van der Waals surface area contributed by atoms with Crippen molar-refractivity contribution in [1.29, 1.82) is 0 Å². The van der Waals surface area contributed by atoms with E-state index in [-0.39, 0.29) is 11.4 Å². The summed E-state index contributed by atoms with van der Waals surface area (Å²) in [6.45, 7) is 4.08. The molecule has 0 atom stereocenters. The number of hydrogen-bond donors (Lipinski definition) is 0. The van der Waals surface area contributed by atoms with Crippen LogP contribution in [0.15, 0.2) is 45.9 Å². The molecule has 3 aromatic rings. The standard InChI is InChI=1S/C19H17BrFN3/c1-19(2)10-13-11(6-5-9-15(13)21)17(22-19)18-12-7-4-8-14(20)16(12)23-24(18)3/h4-9H,10H2,1-3H3. The van der Waals surface area contributed by atoms with E-state index in [1.165, 1.54) is 6.07 Å². The Morgan fingerprint density at radius 3 is 2.71 bits per heavy atom. The second-order valence-electron chi connectivity index (χ2n) is 6.82. The molecule has 0 unspecified atom stereocenters. The summed E-state index contributed by atoms with van der Waals surface area (Å²) in [7, 11) is 1.91. The third kappa shape index (κ3) is 2.30. The highest BCUT2D eigenvalue weighted by Crippen LogP contribution is 2.34. The number of benzene rings is 2. The van der Waals surface area contributed by atoms with Crippen LogP contribution < -0.4 is 0 Å². The average molecular weight is 386 g/mol. The first kappa shape index (κ1) is 15.5. The van der Waals surface area contributed by atoms with Crippen molar-refractivity contribution in [1.82, 2.24) is 9.78 Å². The van der Waals surface area contributed by atoms with E-state index in [1.807, 2.05) is 49.8 Å². The summed E-state index contributed by atoms with van der Waals surface area (Å²) >= 11 is 3.56. The molecule has 0 saturated heterocycles. The highest BCUT2D eigenvalue weighted by molar-refractivity contribution is 9.10. The van der Waals surface area contributed by atoms with E-state index in [9.17, 15) is 4.39 Å². The quantitative estimate of drug-likeness (QED) is 0.599. The maximum Gasteiger partial charge on any atom is 0.127 e. The number of nitrogens with zero attached hydrogens (tertiary/aromatic N) is 3. The van der Waals surface area contributed by atoms with Crippen molar-refractivity contribution in [3.63, 3.8) is 0 Å². The first-order valence-corrected chi connectivity index (χ1v) is 8.66. The number of aliphatic imine (C=N–C) groups is 1.